The van der Waals surface area contributed by atoms with Gasteiger partial charge in [0.15, 0.2) is 14.9 Å². The monoisotopic (exact) mass is 337 g/mol. The molecule has 0 atom stereocenters. The van der Waals surface area contributed by atoms with Crippen LogP contribution in [0, 0.1) is 0 Å². The van der Waals surface area contributed by atoms with E-state index >= 15 is 0 Å². The van der Waals surface area contributed by atoms with Crippen molar-refractivity contribution in [1.29, 1.82) is 0 Å². The molecule has 19 heavy (non-hydrogen) atoms. The molecule has 0 radical (unpaired) electrons. The van der Waals surface area contributed by atoms with E-state index in [0.29, 0.717) is 16.3 Å². The number of nitrogens with one attached hydrogen (secondary N) is 1. The second-order valence-corrected chi connectivity index (χ2v) is 7.20. The van der Waals surface area contributed by atoms with Crippen molar-refractivity contribution in [1.82, 2.24) is 5.43 Å². The summed E-state index contributed by atoms with van der Waals surface area (Å²) in [6, 6.07) is 2.91. The number of hydrogen-bond acceptors (Lipinski definition) is 4. The standard InChI is InChI=1S/C10H9Cl2N3O2S2/c11-5-3-6-8(14-15-10(13)18)1-2-19(16,17)9(6)7(12)4-5/h3-4H,1-2H2,(H3,13,15,18)/b14-8+. The molecule has 0 aliphatic carbocycles. The molecule has 0 unspecified atom stereocenters. The fourth-order valence-electron chi connectivity index (χ4n) is 1.80. The number of hydrazone groups is 1. The van der Waals surface area contributed by atoms with Gasteiger partial charge in [-0.1, -0.05) is 23.2 Å². The molecule has 0 aromatic heterocycles. The van der Waals surface area contributed by atoms with Crippen molar-refractivity contribution in [2.24, 2.45) is 10.8 Å². The SMILES string of the molecule is NC(=S)N/N=C1\CCS(=O)(=O)c2c(Cl)cc(Cl)cc21. The van der Waals surface area contributed by atoms with Crippen LogP contribution in [0.4, 0.5) is 0 Å². The van der Waals surface area contributed by atoms with Gasteiger partial charge in [0.2, 0.25) is 0 Å². The Morgan fingerprint density at radius 1 is 1.42 bits per heavy atom. The molecular formula is C10H9Cl2N3O2S2. The van der Waals surface area contributed by atoms with Gasteiger partial charge < -0.3 is 5.73 Å². The summed E-state index contributed by atoms with van der Waals surface area (Å²) in [5.74, 6) is -0.0702. The van der Waals surface area contributed by atoms with Crippen molar-refractivity contribution in [3.63, 3.8) is 0 Å². The fraction of sp³-hybridized carbons (Fsp3) is 0.200. The van der Waals surface area contributed by atoms with Crippen molar-refractivity contribution >= 4 is 56.1 Å². The summed E-state index contributed by atoms with van der Waals surface area (Å²) in [7, 11) is -3.42. The molecule has 2 rings (SSSR count). The van der Waals surface area contributed by atoms with Gasteiger partial charge in [-0.25, -0.2) is 8.42 Å². The Labute approximate surface area is 125 Å². The Bertz CT molecular complexity index is 686. The lowest BCUT2D eigenvalue weighted by Gasteiger charge is -2.19. The highest BCUT2D eigenvalue weighted by molar-refractivity contribution is 7.91. The van der Waals surface area contributed by atoms with E-state index in [0.717, 1.165) is 0 Å². The van der Waals surface area contributed by atoms with Gasteiger partial charge in [0.25, 0.3) is 0 Å². The summed E-state index contributed by atoms with van der Waals surface area (Å²) in [5.41, 5.74) is 8.61. The minimum Gasteiger partial charge on any atom is -0.375 e. The van der Waals surface area contributed by atoms with Crippen molar-refractivity contribution < 1.29 is 8.42 Å². The molecule has 1 aliphatic heterocycles. The first-order chi connectivity index (χ1) is 8.81. The highest BCUT2D eigenvalue weighted by Gasteiger charge is 2.30. The van der Waals surface area contributed by atoms with Gasteiger partial charge in [-0.15, -0.1) is 0 Å². The maximum Gasteiger partial charge on any atom is 0.184 e. The molecule has 0 bridgehead atoms. The first-order valence-corrected chi connectivity index (χ1v) is 7.97. The molecule has 1 aliphatic rings. The number of benzene rings is 1. The molecule has 0 saturated heterocycles. The van der Waals surface area contributed by atoms with Gasteiger partial charge in [0, 0.05) is 17.0 Å². The molecule has 0 saturated carbocycles. The van der Waals surface area contributed by atoms with Crippen LogP contribution in [0.2, 0.25) is 10.0 Å². The number of nitrogens with two attached hydrogens (primary N) is 1. The number of fused-ring (bicyclic) bond motifs is 1. The predicted molar refractivity (Wildman–Crippen MR) is 79.6 cm³/mol. The molecule has 1 heterocycles. The van der Waals surface area contributed by atoms with Crippen molar-refractivity contribution in [2.75, 3.05) is 5.75 Å². The molecule has 1 aromatic carbocycles. The van der Waals surface area contributed by atoms with Gasteiger partial charge in [-0.05, 0) is 24.4 Å². The van der Waals surface area contributed by atoms with Gasteiger partial charge in [0.05, 0.1) is 21.4 Å². The molecule has 9 heteroatoms. The van der Waals surface area contributed by atoms with Crippen molar-refractivity contribution in [2.45, 2.75) is 11.3 Å². The average Bonchev–Trinajstić information content (AvgIpc) is 2.25. The number of halogens is 2. The van der Waals surface area contributed by atoms with E-state index in [4.69, 9.17) is 28.9 Å². The molecule has 0 spiro atoms. The van der Waals surface area contributed by atoms with Crippen LogP contribution in [0.3, 0.4) is 0 Å². The van der Waals surface area contributed by atoms with E-state index < -0.39 is 9.84 Å². The normalized spacial score (nSPS) is 18.9. The highest BCUT2D eigenvalue weighted by Crippen LogP contribution is 2.34. The molecule has 5 nitrogen and oxygen atoms in total. The number of sulfone groups is 1. The van der Waals surface area contributed by atoms with Crippen LogP contribution in [0.5, 0.6) is 0 Å². The van der Waals surface area contributed by atoms with Crippen molar-refractivity contribution in [3.8, 4) is 0 Å². The van der Waals surface area contributed by atoms with Crippen molar-refractivity contribution in [3.05, 3.63) is 27.7 Å². The largest absolute Gasteiger partial charge is 0.375 e. The Morgan fingerprint density at radius 2 is 2.11 bits per heavy atom. The van der Waals surface area contributed by atoms with Gasteiger partial charge in [-0.2, -0.15) is 5.10 Å². The van der Waals surface area contributed by atoms with E-state index in [1.165, 1.54) is 12.1 Å². The highest BCUT2D eigenvalue weighted by atomic mass is 35.5. The predicted octanol–water partition coefficient (Wildman–Crippen LogP) is 1.71. The summed E-state index contributed by atoms with van der Waals surface area (Å²) in [6.07, 6.45) is 0.238. The molecule has 1 aromatic rings. The zero-order chi connectivity index (χ0) is 14.2. The molecule has 0 amide bonds. The Kier molecular flexibility index (Phi) is 4.00. The Balaban J connectivity index is 2.64. The van der Waals surface area contributed by atoms with E-state index in [-0.39, 0.29) is 27.2 Å². The fourth-order valence-corrected chi connectivity index (χ4v) is 4.22. The topological polar surface area (TPSA) is 84.5 Å². The minimum absolute atomic E-state index is 0.00407. The third kappa shape index (κ3) is 3.00. The molecular weight excluding hydrogens is 329 g/mol. The van der Waals surface area contributed by atoms with E-state index in [9.17, 15) is 8.42 Å². The average molecular weight is 338 g/mol. The lowest BCUT2D eigenvalue weighted by Crippen LogP contribution is -2.29. The first kappa shape index (κ1) is 14.5. The van der Waals surface area contributed by atoms with Crippen LogP contribution in [-0.4, -0.2) is 25.0 Å². The van der Waals surface area contributed by atoms with E-state index in [1.807, 2.05) is 0 Å². The van der Waals surface area contributed by atoms with Crippen LogP contribution in [0.25, 0.3) is 0 Å². The summed E-state index contributed by atoms with van der Waals surface area (Å²) >= 11 is 16.5. The first-order valence-electron chi connectivity index (χ1n) is 5.15. The van der Waals surface area contributed by atoms with E-state index in [1.54, 1.807) is 0 Å². The summed E-state index contributed by atoms with van der Waals surface area (Å²) in [6.45, 7) is 0. The van der Waals surface area contributed by atoms with Gasteiger partial charge in [-0.3, -0.25) is 5.43 Å². The second-order valence-electron chi connectivity index (χ2n) is 3.87. The second kappa shape index (κ2) is 5.24. The van der Waals surface area contributed by atoms with Crippen LogP contribution in [0.1, 0.15) is 12.0 Å². The molecule has 3 N–H and O–H groups in total. The van der Waals surface area contributed by atoms with Gasteiger partial charge >= 0.3 is 0 Å². The van der Waals surface area contributed by atoms with Gasteiger partial charge in [0.1, 0.15) is 0 Å². The van der Waals surface area contributed by atoms with Crippen LogP contribution < -0.4 is 11.2 Å². The maximum absolute atomic E-state index is 12.0. The maximum atomic E-state index is 12.0. The number of thiocarbonyl (C=S) groups is 1. The Hall–Kier alpha value is -0.890. The van der Waals surface area contributed by atoms with Crippen LogP contribution in [-0.2, 0) is 9.84 Å². The summed E-state index contributed by atoms with van der Waals surface area (Å²) in [5, 5.41) is 4.41. The summed E-state index contributed by atoms with van der Waals surface area (Å²) in [4.78, 5) is 0.0494. The molecule has 102 valence electrons. The van der Waals surface area contributed by atoms with Crippen LogP contribution >= 0.6 is 35.4 Å². The lowest BCUT2D eigenvalue weighted by atomic mass is 10.1. The smallest absolute Gasteiger partial charge is 0.184 e. The Morgan fingerprint density at radius 3 is 2.74 bits per heavy atom. The third-order valence-corrected chi connectivity index (χ3v) is 5.06. The van der Waals surface area contributed by atoms with E-state index in [2.05, 4.69) is 22.7 Å². The lowest BCUT2D eigenvalue weighted by molar-refractivity contribution is 0.594. The number of rotatable bonds is 1. The number of hydrogen-bond donors (Lipinski definition) is 2. The quantitative estimate of drug-likeness (QED) is 0.602. The minimum atomic E-state index is -3.42. The summed E-state index contributed by atoms with van der Waals surface area (Å²) < 4.78 is 24.1. The third-order valence-electron chi connectivity index (χ3n) is 2.54. The van der Waals surface area contributed by atoms with Crippen LogP contribution in [0.15, 0.2) is 22.1 Å². The zero-order valence-corrected chi connectivity index (χ0v) is 12.6. The number of nitrogens with zero attached hydrogens (tertiary/aromatic N) is 1. The molecule has 0 fully saturated rings. The zero-order valence-electron chi connectivity index (χ0n) is 9.48.